The van der Waals surface area contributed by atoms with E-state index in [4.69, 9.17) is 4.74 Å². The Morgan fingerprint density at radius 2 is 2.15 bits per heavy atom. The molecule has 0 saturated carbocycles. The van der Waals surface area contributed by atoms with Crippen LogP contribution >= 0.6 is 11.5 Å². The van der Waals surface area contributed by atoms with Crippen molar-refractivity contribution in [1.29, 1.82) is 0 Å². The Balaban J connectivity index is 1.59. The van der Waals surface area contributed by atoms with Crippen LogP contribution in [0.5, 0.6) is 0 Å². The molecule has 2 atom stereocenters. The second kappa shape index (κ2) is 8.22. The topological polar surface area (TPSA) is 104 Å². The summed E-state index contributed by atoms with van der Waals surface area (Å²) in [7, 11) is 0. The summed E-state index contributed by atoms with van der Waals surface area (Å²) < 4.78 is 10.2. The first-order chi connectivity index (χ1) is 12.8. The fraction of sp³-hybridized carbons (Fsp3) is 0.722. The molecule has 3 N–H and O–H groups in total. The van der Waals surface area contributed by atoms with E-state index in [9.17, 15) is 14.7 Å². The van der Waals surface area contributed by atoms with Crippen LogP contribution in [0.15, 0.2) is 11.6 Å². The Labute approximate surface area is 163 Å². The lowest BCUT2D eigenvalue weighted by Crippen LogP contribution is -2.69. The number of amides is 2. The maximum atomic E-state index is 12.2. The van der Waals surface area contributed by atoms with Gasteiger partial charge in [-0.2, -0.15) is 0 Å². The predicted molar refractivity (Wildman–Crippen MR) is 101 cm³/mol. The van der Waals surface area contributed by atoms with E-state index in [1.165, 1.54) is 24.0 Å². The van der Waals surface area contributed by atoms with Crippen LogP contribution in [0.1, 0.15) is 38.7 Å². The highest BCUT2D eigenvalue weighted by Gasteiger charge is 2.53. The molecule has 1 spiro atoms. The molecule has 27 heavy (non-hydrogen) atoms. The molecule has 3 heterocycles. The Hall–Kier alpha value is -1.55. The summed E-state index contributed by atoms with van der Waals surface area (Å²) in [6, 6.07) is 0. The van der Waals surface area contributed by atoms with E-state index in [2.05, 4.69) is 25.3 Å². The summed E-state index contributed by atoms with van der Waals surface area (Å²) >= 11 is 1.45. The van der Waals surface area contributed by atoms with Crippen molar-refractivity contribution in [3.63, 3.8) is 0 Å². The van der Waals surface area contributed by atoms with E-state index in [0.29, 0.717) is 25.9 Å². The van der Waals surface area contributed by atoms with Gasteiger partial charge in [-0.3, -0.25) is 14.5 Å². The number of nitrogens with zero attached hydrogens (tertiary/aromatic N) is 2. The zero-order chi connectivity index (χ0) is 19.5. The fourth-order valence-corrected chi connectivity index (χ4v) is 4.56. The second-order valence-corrected chi connectivity index (χ2v) is 8.41. The summed E-state index contributed by atoms with van der Waals surface area (Å²) in [5, 5.41) is 18.6. The third-order valence-electron chi connectivity index (χ3n) is 5.63. The van der Waals surface area contributed by atoms with Gasteiger partial charge in [0.25, 0.3) is 0 Å². The number of carbonyl (C=O) groups excluding carboxylic acids is 2. The van der Waals surface area contributed by atoms with Gasteiger partial charge < -0.3 is 20.5 Å². The maximum Gasteiger partial charge on any atom is 0.239 e. The molecule has 9 heteroatoms. The quantitative estimate of drug-likeness (QED) is 0.660. The Morgan fingerprint density at radius 1 is 1.41 bits per heavy atom. The minimum atomic E-state index is -0.801. The number of aliphatic hydroxyl groups is 1. The van der Waals surface area contributed by atoms with Crippen LogP contribution in [0.4, 0.5) is 0 Å². The first-order valence-electron chi connectivity index (χ1n) is 9.31. The monoisotopic (exact) mass is 396 g/mol. The van der Waals surface area contributed by atoms with Crippen LogP contribution in [0, 0.1) is 0 Å². The minimum absolute atomic E-state index is 0.0893. The Kier molecular flexibility index (Phi) is 6.15. The zero-order valence-corrected chi connectivity index (χ0v) is 16.7. The highest BCUT2D eigenvalue weighted by molar-refractivity contribution is 7.03. The predicted octanol–water partition coefficient (Wildman–Crippen LogP) is 0.270. The molecule has 0 aromatic carbocycles. The number of ether oxygens (including phenoxy) is 1. The van der Waals surface area contributed by atoms with Crippen LogP contribution < -0.4 is 10.6 Å². The van der Waals surface area contributed by atoms with Crippen LogP contribution in [-0.2, 0) is 20.9 Å². The van der Waals surface area contributed by atoms with Crippen molar-refractivity contribution in [1.82, 2.24) is 19.9 Å². The molecule has 2 amide bonds. The number of nitrogens with one attached hydrogen (secondary N) is 2. The first kappa shape index (κ1) is 20.2. The van der Waals surface area contributed by atoms with Gasteiger partial charge in [-0.25, -0.2) is 4.37 Å². The fourth-order valence-electron chi connectivity index (χ4n) is 4.03. The highest BCUT2D eigenvalue weighted by Crippen LogP contribution is 2.40. The van der Waals surface area contributed by atoms with Gasteiger partial charge in [0.05, 0.1) is 17.7 Å². The summed E-state index contributed by atoms with van der Waals surface area (Å²) in [5.74, 6) is -0.557. The van der Waals surface area contributed by atoms with Gasteiger partial charge in [-0.1, -0.05) is 0 Å². The number of likely N-dealkylation sites (tertiary alicyclic amines) is 1. The molecule has 2 fully saturated rings. The average molecular weight is 397 g/mol. The van der Waals surface area contributed by atoms with E-state index in [0.717, 1.165) is 19.6 Å². The number of aromatic nitrogens is 1. The molecule has 1 aromatic heterocycles. The van der Waals surface area contributed by atoms with Crippen molar-refractivity contribution in [2.24, 2.45) is 0 Å². The van der Waals surface area contributed by atoms with Gasteiger partial charge in [-0.15, -0.1) is 0 Å². The molecule has 2 aliphatic heterocycles. The smallest absolute Gasteiger partial charge is 0.239 e. The molecule has 0 radical (unpaired) electrons. The van der Waals surface area contributed by atoms with Crippen molar-refractivity contribution in [3.05, 3.63) is 17.1 Å². The van der Waals surface area contributed by atoms with E-state index >= 15 is 0 Å². The molecule has 0 unspecified atom stereocenters. The number of piperidine rings is 1. The van der Waals surface area contributed by atoms with Crippen molar-refractivity contribution >= 4 is 23.3 Å². The van der Waals surface area contributed by atoms with Crippen molar-refractivity contribution in [2.75, 3.05) is 26.2 Å². The number of hydrogen-bond donors (Lipinski definition) is 3. The normalized spacial score (nSPS) is 28.0. The molecule has 8 nitrogen and oxygen atoms in total. The Bertz CT molecular complexity index is 660. The lowest BCUT2D eigenvalue weighted by molar-refractivity contribution is -0.208. The molecule has 0 bridgehead atoms. The van der Waals surface area contributed by atoms with Crippen molar-refractivity contribution < 1.29 is 19.4 Å². The van der Waals surface area contributed by atoms with E-state index in [-0.39, 0.29) is 18.4 Å². The van der Waals surface area contributed by atoms with Gasteiger partial charge in [0, 0.05) is 44.7 Å². The molecular formula is C18H28N4O4S. The standard InChI is InChI=1S/C18H28N4O4S/c1-13(23)19-10-15(24)21-17(2)5-8-26-18(16(17)25)3-6-22(7-4-18)11-14-9-20-27-12-14/h9,12,16,25H,3-8,10-11H2,1-2H3,(H,19,23)(H,21,24)/t16-,17+/m1/s1. The number of rotatable bonds is 5. The number of aliphatic hydroxyl groups excluding tert-OH is 1. The van der Waals surface area contributed by atoms with Gasteiger partial charge in [0.1, 0.15) is 6.10 Å². The molecule has 0 aliphatic carbocycles. The zero-order valence-electron chi connectivity index (χ0n) is 15.9. The molecular weight excluding hydrogens is 368 g/mol. The van der Waals surface area contributed by atoms with Gasteiger partial charge >= 0.3 is 0 Å². The third-order valence-corrected chi connectivity index (χ3v) is 6.26. The number of carbonyl (C=O) groups is 2. The van der Waals surface area contributed by atoms with Crippen LogP contribution in [0.3, 0.4) is 0 Å². The van der Waals surface area contributed by atoms with Crippen LogP contribution in [0.25, 0.3) is 0 Å². The maximum absolute atomic E-state index is 12.2. The minimum Gasteiger partial charge on any atom is -0.388 e. The highest BCUT2D eigenvalue weighted by atomic mass is 32.1. The summed E-state index contributed by atoms with van der Waals surface area (Å²) in [6.07, 6.45) is 3.05. The SMILES string of the molecule is CC(=O)NCC(=O)N[C@@]1(C)CCOC2(CCN(Cc3cnsc3)CC2)[C@@H]1O. The molecule has 150 valence electrons. The van der Waals surface area contributed by atoms with E-state index in [1.807, 2.05) is 13.1 Å². The summed E-state index contributed by atoms with van der Waals surface area (Å²) in [5.41, 5.74) is -0.207. The average Bonchev–Trinajstić information content (AvgIpc) is 3.13. The molecule has 2 aliphatic rings. The van der Waals surface area contributed by atoms with Crippen LogP contribution in [0.2, 0.25) is 0 Å². The van der Waals surface area contributed by atoms with Gasteiger partial charge in [-0.05, 0) is 43.3 Å². The van der Waals surface area contributed by atoms with Gasteiger partial charge in [0.2, 0.25) is 11.8 Å². The lowest BCUT2D eigenvalue weighted by Gasteiger charge is -2.53. The molecule has 3 rings (SSSR count). The molecule has 2 saturated heterocycles. The van der Waals surface area contributed by atoms with Crippen molar-refractivity contribution in [2.45, 2.75) is 56.9 Å². The van der Waals surface area contributed by atoms with E-state index in [1.54, 1.807) is 0 Å². The number of hydrogen-bond acceptors (Lipinski definition) is 7. The summed E-state index contributed by atoms with van der Waals surface area (Å²) in [4.78, 5) is 25.5. The second-order valence-electron chi connectivity index (χ2n) is 7.75. The summed E-state index contributed by atoms with van der Waals surface area (Å²) in [6.45, 7) is 6.12. The third kappa shape index (κ3) is 4.66. The van der Waals surface area contributed by atoms with Gasteiger partial charge in [0.15, 0.2) is 0 Å². The molecule has 1 aromatic rings. The largest absolute Gasteiger partial charge is 0.388 e. The van der Waals surface area contributed by atoms with Crippen molar-refractivity contribution in [3.8, 4) is 0 Å². The Morgan fingerprint density at radius 3 is 2.78 bits per heavy atom. The van der Waals surface area contributed by atoms with Crippen LogP contribution in [-0.4, -0.2) is 69.7 Å². The first-order valence-corrected chi connectivity index (χ1v) is 10.1. The van der Waals surface area contributed by atoms with E-state index < -0.39 is 17.2 Å². The lowest BCUT2D eigenvalue weighted by atomic mass is 9.73.